The maximum atomic E-state index is 13.7. The molecule has 2 aromatic rings. The molecule has 1 amide bonds. The number of halogens is 2. The van der Waals surface area contributed by atoms with Crippen molar-refractivity contribution in [2.75, 3.05) is 38.0 Å². The number of hydrogen-bond donors (Lipinski definition) is 2. The Morgan fingerprint density at radius 1 is 1.03 bits per heavy atom. The Kier molecular flexibility index (Phi) is 6.78. The van der Waals surface area contributed by atoms with Crippen molar-refractivity contribution >= 4 is 21.6 Å². The zero-order valence-corrected chi connectivity index (χ0v) is 19.0. The predicted molar refractivity (Wildman–Crippen MR) is 115 cm³/mol. The summed E-state index contributed by atoms with van der Waals surface area (Å²) in [5.74, 6) is -1.95. The number of aryl methyl sites for hydroxylation is 2. The Morgan fingerprint density at radius 3 is 2.16 bits per heavy atom. The van der Waals surface area contributed by atoms with E-state index >= 15 is 0 Å². The molecule has 3 rings (SSSR count). The molecule has 0 saturated carbocycles. The molecule has 0 aliphatic carbocycles. The number of quaternary nitrogens is 1. The minimum Gasteiger partial charge on any atom is -0.325 e. The van der Waals surface area contributed by atoms with Crippen molar-refractivity contribution in [2.24, 2.45) is 0 Å². The number of benzene rings is 2. The van der Waals surface area contributed by atoms with Crippen molar-refractivity contribution in [3.05, 3.63) is 58.2 Å². The van der Waals surface area contributed by atoms with Crippen LogP contribution in [0.2, 0.25) is 0 Å². The normalized spacial score (nSPS) is 15.8. The van der Waals surface area contributed by atoms with E-state index in [1.807, 2.05) is 33.8 Å². The molecule has 1 aliphatic heterocycles. The maximum absolute atomic E-state index is 13.7. The van der Waals surface area contributed by atoms with Gasteiger partial charge < -0.3 is 10.2 Å². The van der Waals surface area contributed by atoms with Crippen molar-refractivity contribution in [1.29, 1.82) is 0 Å². The van der Waals surface area contributed by atoms with Crippen LogP contribution in [0.15, 0.2) is 29.2 Å². The second-order valence-electron chi connectivity index (χ2n) is 8.09. The van der Waals surface area contributed by atoms with Gasteiger partial charge >= 0.3 is 0 Å². The van der Waals surface area contributed by atoms with Crippen LogP contribution in [0, 0.1) is 39.3 Å². The topological polar surface area (TPSA) is 70.9 Å². The molecular weight excluding hydrogens is 424 g/mol. The number of carbonyl (C=O) groups is 1. The summed E-state index contributed by atoms with van der Waals surface area (Å²) < 4.78 is 54.9. The van der Waals surface area contributed by atoms with Crippen molar-refractivity contribution in [3.63, 3.8) is 0 Å². The van der Waals surface area contributed by atoms with Crippen LogP contribution in [0.1, 0.15) is 22.3 Å². The minimum atomic E-state index is -3.64. The van der Waals surface area contributed by atoms with Gasteiger partial charge in [0.25, 0.3) is 5.91 Å². The molecule has 0 aromatic heterocycles. The largest absolute Gasteiger partial charge is 0.325 e. The Morgan fingerprint density at radius 2 is 1.61 bits per heavy atom. The molecule has 2 aromatic carbocycles. The number of nitrogens with zero attached hydrogens (tertiary/aromatic N) is 1. The van der Waals surface area contributed by atoms with Gasteiger partial charge in [0.2, 0.25) is 10.0 Å². The van der Waals surface area contributed by atoms with Crippen LogP contribution >= 0.6 is 0 Å². The highest BCUT2D eigenvalue weighted by atomic mass is 32.2. The molecule has 0 atom stereocenters. The van der Waals surface area contributed by atoms with Gasteiger partial charge in [-0.25, -0.2) is 17.2 Å². The summed E-state index contributed by atoms with van der Waals surface area (Å²) in [6, 6.07) is 4.96. The summed E-state index contributed by atoms with van der Waals surface area (Å²) in [4.78, 5) is 13.5. The first-order valence-corrected chi connectivity index (χ1v) is 11.6. The van der Waals surface area contributed by atoms with Crippen LogP contribution in [-0.4, -0.2) is 51.4 Å². The zero-order valence-electron chi connectivity index (χ0n) is 18.2. The van der Waals surface area contributed by atoms with Gasteiger partial charge in [0.05, 0.1) is 36.8 Å². The van der Waals surface area contributed by atoms with Crippen molar-refractivity contribution in [3.8, 4) is 0 Å². The van der Waals surface area contributed by atoms with E-state index < -0.39 is 27.6 Å². The average Bonchev–Trinajstić information content (AvgIpc) is 2.69. The summed E-state index contributed by atoms with van der Waals surface area (Å²) in [5, 5.41) is 2.45. The monoisotopic (exact) mass is 452 g/mol. The molecule has 0 spiro atoms. The molecule has 1 fully saturated rings. The van der Waals surface area contributed by atoms with E-state index in [0.29, 0.717) is 37.1 Å². The molecule has 168 valence electrons. The fourth-order valence-electron chi connectivity index (χ4n) is 3.93. The summed E-state index contributed by atoms with van der Waals surface area (Å²) >= 11 is 0. The van der Waals surface area contributed by atoms with E-state index in [1.54, 1.807) is 0 Å². The van der Waals surface area contributed by atoms with Gasteiger partial charge in [-0.15, -0.1) is 0 Å². The van der Waals surface area contributed by atoms with Crippen LogP contribution < -0.4 is 10.2 Å². The quantitative estimate of drug-likeness (QED) is 0.726. The summed E-state index contributed by atoms with van der Waals surface area (Å²) in [6.45, 7) is 9.06. The van der Waals surface area contributed by atoms with Gasteiger partial charge in [0, 0.05) is 6.07 Å². The molecule has 0 unspecified atom stereocenters. The third kappa shape index (κ3) is 4.94. The van der Waals surface area contributed by atoms with Crippen LogP contribution in [0.25, 0.3) is 0 Å². The van der Waals surface area contributed by atoms with Gasteiger partial charge in [-0.3, -0.25) is 4.79 Å². The number of piperazine rings is 1. The molecule has 1 heterocycles. The SMILES string of the molecule is Cc1cc(C)c(C)c(S(=O)(=O)N2CC[NH+](CC(=O)Nc3ccc(F)cc3F)CC2)c1C. The summed E-state index contributed by atoms with van der Waals surface area (Å²) in [5.41, 5.74) is 3.33. The lowest BCUT2D eigenvalue weighted by Crippen LogP contribution is -3.15. The lowest BCUT2D eigenvalue weighted by atomic mass is 10.0. The molecule has 6 nitrogen and oxygen atoms in total. The highest BCUT2D eigenvalue weighted by Crippen LogP contribution is 2.28. The number of anilines is 1. The number of hydrogen-bond acceptors (Lipinski definition) is 3. The van der Waals surface area contributed by atoms with Crippen molar-refractivity contribution in [2.45, 2.75) is 32.6 Å². The summed E-state index contributed by atoms with van der Waals surface area (Å²) in [6.07, 6.45) is 0. The highest BCUT2D eigenvalue weighted by molar-refractivity contribution is 7.89. The number of amides is 1. The predicted octanol–water partition coefficient (Wildman–Crippen LogP) is 1.73. The van der Waals surface area contributed by atoms with Gasteiger partial charge in [-0.1, -0.05) is 6.07 Å². The van der Waals surface area contributed by atoms with Crippen LogP contribution in [0.4, 0.5) is 14.5 Å². The Balaban J connectivity index is 1.65. The molecule has 2 N–H and O–H groups in total. The first kappa shape index (κ1) is 23.3. The zero-order chi connectivity index (χ0) is 22.9. The van der Waals surface area contributed by atoms with Crippen LogP contribution in [0.3, 0.4) is 0 Å². The van der Waals surface area contributed by atoms with Gasteiger partial charge in [0.1, 0.15) is 11.6 Å². The number of rotatable bonds is 5. The lowest BCUT2D eigenvalue weighted by molar-refractivity contribution is -0.895. The number of carbonyl (C=O) groups excluding carboxylic acids is 1. The second-order valence-corrected chi connectivity index (χ2v) is 9.97. The van der Waals surface area contributed by atoms with E-state index in [0.717, 1.165) is 33.2 Å². The van der Waals surface area contributed by atoms with Crippen LogP contribution in [0.5, 0.6) is 0 Å². The van der Waals surface area contributed by atoms with E-state index in [1.165, 1.54) is 10.4 Å². The van der Waals surface area contributed by atoms with E-state index in [9.17, 15) is 22.0 Å². The fourth-order valence-corrected chi connectivity index (χ4v) is 5.95. The first-order chi connectivity index (χ1) is 14.5. The first-order valence-electron chi connectivity index (χ1n) is 10.2. The number of nitrogens with one attached hydrogen (secondary N) is 2. The summed E-state index contributed by atoms with van der Waals surface area (Å²) in [7, 11) is -3.64. The van der Waals surface area contributed by atoms with Gasteiger partial charge in [-0.2, -0.15) is 4.31 Å². The minimum absolute atomic E-state index is 0.0757. The molecule has 1 aliphatic rings. The van der Waals surface area contributed by atoms with E-state index in [-0.39, 0.29) is 12.2 Å². The Hall–Kier alpha value is -2.36. The highest BCUT2D eigenvalue weighted by Gasteiger charge is 2.33. The average molecular weight is 453 g/mol. The van der Waals surface area contributed by atoms with Gasteiger partial charge in [-0.05, 0) is 62.1 Å². The Labute approximate surface area is 181 Å². The third-order valence-corrected chi connectivity index (χ3v) is 8.11. The Bertz CT molecular complexity index is 1090. The van der Waals surface area contributed by atoms with Gasteiger partial charge in [0.15, 0.2) is 6.54 Å². The molecule has 31 heavy (non-hydrogen) atoms. The molecule has 9 heteroatoms. The molecule has 1 saturated heterocycles. The van der Waals surface area contributed by atoms with E-state index in [4.69, 9.17) is 0 Å². The smallest absolute Gasteiger partial charge is 0.279 e. The fraction of sp³-hybridized carbons (Fsp3) is 0.409. The maximum Gasteiger partial charge on any atom is 0.279 e. The molecule has 0 bridgehead atoms. The van der Waals surface area contributed by atoms with Crippen molar-refractivity contribution in [1.82, 2.24) is 4.31 Å². The lowest BCUT2D eigenvalue weighted by Gasteiger charge is -2.32. The standard InChI is InChI=1S/C22H27F2N3O3S/c1-14-11-15(2)17(4)22(16(14)3)31(29,30)27-9-7-26(8-10-27)13-21(28)25-20-6-5-18(23)12-19(20)24/h5-6,11-12H,7-10,13H2,1-4H3,(H,25,28)/p+1. The molecule has 0 radical (unpaired) electrons. The second kappa shape index (κ2) is 9.02. The number of sulfonamides is 1. The van der Waals surface area contributed by atoms with E-state index in [2.05, 4.69) is 5.32 Å². The third-order valence-electron chi connectivity index (χ3n) is 5.94. The molecular formula is C22H28F2N3O3S+. The van der Waals surface area contributed by atoms with Crippen molar-refractivity contribution < 1.29 is 26.9 Å². The van der Waals surface area contributed by atoms with Crippen LogP contribution in [-0.2, 0) is 14.8 Å².